The Morgan fingerprint density at radius 1 is 1.00 bits per heavy atom. The van der Waals surface area contributed by atoms with Gasteiger partial charge in [0.1, 0.15) is 0 Å². The van der Waals surface area contributed by atoms with Gasteiger partial charge < -0.3 is 9.84 Å². The number of carboxylic acid groups (broad SMARTS) is 1. The molecule has 1 N–H and O–H groups in total. The van der Waals surface area contributed by atoms with E-state index in [0.717, 1.165) is 23.3 Å². The van der Waals surface area contributed by atoms with Gasteiger partial charge in [0.15, 0.2) is 0 Å². The van der Waals surface area contributed by atoms with Gasteiger partial charge in [0, 0.05) is 17.3 Å². The molecule has 0 saturated heterocycles. The molecule has 0 aliphatic rings. The molecule has 0 bridgehead atoms. The molecule has 1 aromatic heterocycles. The number of rotatable bonds is 4. The van der Waals surface area contributed by atoms with E-state index in [-0.39, 0.29) is 11.4 Å². The van der Waals surface area contributed by atoms with E-state index in [1.807, 2.05) is 0 Å². The van der Waals surface area contributed by atoms with E-state index in [1.54, 1.807) is 31.3 Å². The second-order valence-electron chi connectivity index (χ2n) is 6.19. The number of methoxy groups -OCH3 is 1. The second-order valence-corrected chi connectivity index (χ2v) is 6.19. The van der Waals surface area contributed by atoms with Crippen LogP contribution in [0.15, 0.2) is 54.7 Å². The maximum atomic E-state index is 12.8. The molecule has 3 rings (SSSR count). The average Bonchev–Trinajstić information content (AvgIpc) is 2.67. The molecule has 0 radical (unpaired) electrons. The zero-order chi connectivity index (χ0) is 20.5. The van der Waals surface area contributed by atoms with Crippen molar-refractivity contribution in [2.24, 2.45) is 0 Å². The number of aryl methyl sites for hydroxylation is 1. The normalized spacial score (nSPS) is 11.3. The number of aromatic nitrogens is 1. The number of carboxylic acids is 1. The van der Waals surface area contributed by atoms with Crippen LogP contribution in [0.25, 0.3) is 22.3 Å². The summed E-state index contributed by atoms with van der Waals surface area (Å²) in [6.45, 7) is 1.78. The number of benzene rings is 2. The lowest BCUT2D eigenvalue weighted by atomic mass is 9.96. The molecule has 1 heterocycles. The summed E-state index contributed by atoms with van der Waals surface area (Å²) in [5, 5.41) is 9.10. The number of alkyl halides is 3. The number of carbonyl (C=O) groups is 1. The molecule has 0 atom stereocenters. The Morgan fingerprint density at radius 3 is 2.21 bits per heavy atom. The molecule has 0 saturated carbocycles. The summed E-state index contributed by atoms with van der Waals surface area (Å²) in [6, 6.07) is 11.2. The van der Waals surface area contributed by atoms with Gasteiger partial charge in [-0.15, -0.1) is 0 Å². The number of hydrogen-bond donors (Lipinski definition) is 1. The SMILES string of the molecule is COc1ncc(-c2ccc(C(=O)O)cc2C)cc1-c1ccc(C(F)(F)F)cc1. The summed E-state index contributed by atoms with van der Waals surface area (Å²) in [5.41, 5.74) is 2.71. The van der Waals surface area contributed by atoms with Crippen LogP contribution in [0.3, 0.4) is 0 Å². The number of hydrogen-bond acceptors (Lipinski definition) is 3. The third-order valence-electron chi connectivity index (χ3n) is 4.35. The Balaban J connectivity index is 2.07. The Hall–Kier alpha value is -3.35. The minimum Gasteiger partial charge on any atom is -0.481 e. The molecule has 0 aliphatic heterocycles. The van der Waals surface area contributed by atoms with Crippen LogP contribution in [0.4, 0.5) is 13.2 Å². The molecular weight excluding hydrogens is 371 g/mol. The lowest BCUT2D eigenvalue weighted by Gasteiger charge is -2.13. The number of aromatic carboxylic acids is 1. The molecule has 4 nitrogen and oxygen atoms in total. The first-order valence-corrected chi connectivity index (χ1v) is 8.26. The van der Waals surface area contributed by atoms with Crippen molar-refractivity contribution in [2.45, 2.75) is 13.1 Å². The van der Waals surface area contributed by atoms with Gasteiger partial charge in [0.2, 0.25) is 5.88 Å². The largest absolute Gasteiger partial charge is 0.481 e. The summed E-state index contributed by atoms with van der Waals surface area (Å²) in [5.74, 6) is -0.740. The van der Waals surface area contributed by atoms with Gasteiger partial charge in [-0.2, -0.15) is 13.2 Å². The standard InChI is InChI=1S/C21H16F3NO3/c1-12-9-14(20(26)27)5-8-17(12)15-10-18(19(28-2)25-11-15)13-3-6-16(7-4-13)21(22,23)24/h3-11H,1-2H3,(H,26,27). The highest BCUT2D eigenvalue weighted by Crippen LogP contribution is 2.36. The number of halogens is 3. The van der Waals surface area contributed by atoms with E-state index in [9.17, 15) is 18.0 Å². The fourth-order valence-corrected chi connectivity index (χ4v) is 2.93. The van der Waals surface area contributed by atoms with Crippen molar-refractivity contribution in [2.75, 3.05) is 7.11 Å². The average molecular weight is 387 g/mol. The zero-order valence-electron chi connectivity index (χ0n) is 15.0. The molecule has 7 heteroatoms. The number of ether oxygens (including phenoxy) is 1. The molecule has 0 spiro atoms. The monoisotopic (exact) mass is 387 g/mol. The summed E-state index contributed by atoms with van der Waals surface area (Å²) >= 11 is 0. The summed E-state index contributed by atoms with van der Waals surface area (Å²) in [4.78, 5) is 15.4. The first kappa shape index (κ1) is 19.4. The van der Waals surface area contributed by atoms with E-state index in [1.165, 1.54) is 25.3 Å². The Labute approximate surface area is 159 Å². The summed E-state index contributed by atoms with van der Waals surface area (Å²) in [7, 11) is 1.43. The molecule has 2 aromatic carbocycles. The molecule has 144 valence electrons. The van der Waals surface area contributed by atoms with Crippen LogP contribution < -0.4 is 4.74 Å². The van der Waals surface area contributed by atoms with Gasteiger partial charge >= 0.3 is 12.1 Å². The van der Waals surface area contributed by atoms with Crippen molar-refractivity contribution < 1.29 is 27.8 Å². The molecular formula is C21H16F3NO3. The van der Waals surface area contributed by atoms with Gasteiger partial charge in [-0.25, -0.2) is 9.78 Å². The van der Waals surface area contributed by atoms with Crippen LogP contribution in [0.2, 0.25) is 0 Å². The Bertz CT molecular complexity index is 1030. The Morgan fingerprint density at radius 2 is 1.68 bits per heavy atom. The van der Waals surface area contributed by atoms with Gasteiger partial charge in [0.05, 0.1) is 18.2 Å². The predicted molar refractivity (Wildman–Crippen MR) is 98.4 cm³/mol. The van der Waals surface area contributed by atoms with Crippen molar-refractivity contribution in [3.05, 3.63) is 71.4 Å². The van der Waals surface area contributed by atoms with E-state index < -0.39 is 17.7 Å². The molecule has 0 aliphatic carbocycles. The number of pyridine rings is 1. The van der Waals surface area contributed by atoms with E-state index >= 15 is 0 Å². The summed E-state index contributed by atoms with van der Waals surface area (Å²) in [6.07, 6.45) is -2.83. The van der Waals surface area contributed by atoms with E-state index in [2.05, 4.69) is 4.98 Å². The quantitative estimate of drug-likeness (QED) is 0.647. The maximum absolute atomic E-state index is 12.8. The van der Waals surface area contributed by atoms with Crippen LogP contribution in [-0.4, -0.2) is 23.2 Å². The Kier molecular flexibility index (Phi) is 5.09. The fraction of sp³-hybridized carbons (Fsp3) is 0.143. The van der Waals surface area contributed by atoms with Gasteiger partial charge in [-0.1, -0.05) is 18.2 Å². The third kappa shape index (κ3) is 3.83. The zero-order valence-corrected chi connectivity index (χ0v) is 15.0. The summed E-state index contributed by atoms with van der Waals surface area (Å²) < 4.78 is 43.7. The topological polar surface area (TPSA) is 59.4 Å². The molecule has 3 aromatic rings. The first-order valence-electron chi connectivity index (χ1n) is 8.26. The number of nitrogens with zero attached hydrogens (tertiary/aromatic N) is 1. The van der Waals surface area contributed by atoms with Gasteiger partial charge in [-0.3, -0.25) is 0 Å². The smallest absolute Gasteiger partial charge is 0.416 e. The lowest BCUT2D eigenvalue weighted by Crippen LogP contribution is -2.04. The van der Waals surface area contributed by atoms with Crippen LogP contribution >= 0.6 is 0 Å². The van der Waals surface area contributed by atoms with Crippen molar-refractivity contribution in [1.82, 2.24) is 4.98 Å². The van der Waals surface area contributed by atoms with Crippen molar-refractivity contribution in [1.29, 1.82) is 0 Å². The highest BCUT2D eigenvalue weighted by molar-refractivity contribution is 5.89. The first-order chi connectivity index (χ1) is 13.2. The van der Waals surface area contributed by atoms with Crippen LogP contribution in [0, 0.1) is 6.92 Å². The van der Waals surface area contributed by atoms with Crippen molar-refractivity contribution >= 4 is 5.97 Å². The van der Waals surface area contributed by atoms with Gasteiger partial charge in [-0.05, 0) is 53.9 Å². The van der Waals surface area contributed by atoms with Crippen molar-refractivity contribution in [3.63, 3.8) is 0 Å². The minimum absolute atomic E-state index is 0.172. The van der Waals surface area contributed by atoms with Crippen LogP contribution in [0.1, 0.15) is 21.5 Å². The molecule has 0 unspecified atom stereocenters. The second kappa shape index (κ2) is 7.34. The van der Waals surface area contributed by atoms with Crippen LogP contribution in [-0.2, 0) is 6.18 Å². The van der Waals surface area contributed by atoms with E-state index in [0.29, 0.717) is 16.7 Å². The fourth-order valence-electron chi connectivity index (χ4n) is 2.93. The van der Waals surface area contributed by atoms with Crippen LogP contribution in [0.5, 0.6) is 5.88 Å². The molecule has 28 heavy (non-hydrogen) atoms. The predicted octanol–water partition coefficient (Wildman–Crippen LogP) is 5.45. The molecule has 0 fully saturated rings. The van der Waals surface area contributed by atoms with Gasteiger partial charge in [0.25, 0.3) is 0 Å². The highest BCUT2D eigenvalue weighted by Gasteiger charge is 2.30. The molecule has 0 amide bonds. The highest BCUT2D eigenvalue weighted by atomic mass is 19.4. The minimum atomic E-state index is -4.41. The maximum Gasteiger partial charge on any atom is 0.416 e. The van der Waals surface area contributed by atoms with Crippen molar-refractivity contribution in [3.8, 4) is 28.1 Å². The van der Waals surface area contributed by atoms with E-state index in [4.69, 9.17) is 9.84 Å². The lowest BCUT2D eigenvalue weighted by molar-refractivity contribution is -0.137. The third-order valence-corrected chi connectivity index (χ3v) is 4.35.